The number of carbonyl (C=O) groups is 1. The van der Waals surface area contributed by atoms with E-state index >= 15 is 0 Å². The zero-order chi connectivity index (χ0) is 15.7. The van der Waals surface area contributed by atoms with Crippen LogP contribution in [-0.2, 0) is 6.42 Å². The number of anilines is 1. The number of H-pyrrole nitrogens is 1. The lowest BCUT2D eigenvalue weighted by molar-refractivity contribution is 0.0949. The van der Waals surface area contributed by atoms with Gasteiger partial charge in [0.2, 0.25) is 0 Å². The van der Waals surface area contributed by atoms with E-state index in [2.05, 4.69) is 36.3 Å². The first-order valence-corrected chi connectivity index (χ1v) is 8.17. The maximum atomic E-state index is 12.0. The first-order valence-electron chi connectivity index (χ1n) is 8.17. The second-order valence-electron chi connectivity index (χ2n) is 6.07. The third-order valence-corrected chi connectivity index (χ3v) is 3.59. The van der Waals surface area contributed by atoms with Crippen LogP contribution >= 0.6 is 0 Å². The highest BCUT2D eigenvalue weighted by Crippen LogP contribution is 2.15. The van der Waals surface area contributed by atoms with Crippen molar-refractivity contribution in [3.05, 3.63) is 11.4 Å². The monoisotopic (exact) mass is 294 g/mol. The van der Waals surface area contributed by atoms with Crippen molar-refractivity contribution in [1.82, 2.24) is 15.5 Å². The van der Waals surface area contributed by atoms with E-state index < -0.39 is 0 Å². The molecule has 0 aliphatic carbocycles. The largest absolute Gasteiger partial charge is 0.395 e. The fourth-order valence-corrected chi connectivity index (χ4v) is 2.32. The molecule has 1 amide bonds. The summed E-state index contributed by atoms with van der Waals surface area (Å²) in [6.07, 6.45) is 7.76. The van der Waals surface area contributed by atoms with Crippen LogP contribution in [0, 0.1) is 5.92 Å². The minimum atomic E-state index is -0.173. The van der Waals surface area contributed by atoms with Crippen LogP contribution in [0.15, 0.2) is 0 Å². The van der Waals surface area contributed by atoms with Gasteiger partial charge in [0.05, 0.1) is 11.4 Å². The summed E-state index contributed by atoms with van der Waals surface area (Å²) in [5.41, 5.74) is 7.62. The van der Waals surface area contributed by atoms with E-state index in [4.69, 9.17) is 5.73 Å². The Bertz CT molecular complexity index is 426. The zero-order valence-corrected chi connectivity index (χ0v) is 13.7. The second-order valence-corrected chi connectivity index (χ2v) is 6.07. The number of amides is 1. The van der Waals surface area contributed by atoms with E-state index in [1.165, 1.54) is 19.3 Å². The highest BCUT2D eigenvalue weighted by Gasteiger charge is 2.16. The molecule has 120 valence electrons. The minimum absolute atomic E-state index is 0.173. The number of nitrogen functional groups attached to an aromatic ring is 1. The molecular formula is C16H30N4O. The number of unbranched alkanes of at least 4 members (excludes halogenated alkanes) is 3. The van der Waals surface area contributed by atoms with Crippen LogP contribution in [0.5, 0.6) is 0 Å². The Labute approximate surface area is 128 Å². The zero-order valence-electron chi connectivity index (χ0n) is 13.7. The number of carbonyl (C=O) groups excluding carboxylic acids is 1. The fraction of sp³-hybridized carbons (Fsp3) is 0.750. The molecule has 0 saturated carbocycles. The molecule has 0 aromatic carbocycles. The summed E-state index contributed by atoms with van der Waals surface area (Å²) in [5.74, 6) is 0.609. The molecule has 1 heterocycles. The van der Waals surface area contributed by atoms with Gasteiger partial charge in [-0.1, -0.05) is 52.9 Å². The number of nitrogens with zero attached hydrogens (tertiary/aromatic N) is 1. The fourth-order valence-electron chi connectivity index (χ4n) is 2.32. The number of aromatic nitrogens is 2. The second kappa shape index (κ2) is 9.42. The number of aromatic amines is 1. The van der Waals surface area contributed by atoms with Crippen LogP contribution in [-0.4, -0.2) is 22.6 Å². The lowest BCUT2D eigenvalue weighted by Crippen LogP contribution is -2.25. The summed E-state index contributed by atoms with van der Waals surface area (Å²) >= 11 is 0. The van der Waals surface area contributed by atoms with Crippen LogP contribution in [0.25, 0.3) is 0 Å². The van der Waals surface area contributed by atoms with E-state index in [0.29, 0.717) is 17.9 Å². The molecule has 5 nitrogen and oxygen atoms in total. The van der Waals surface area contributed by atoms with Gasteiger partial charge in [0.25, 0.3) is 5.91 Å². The SMILES string of the molecule is CCCc1[nH]nc(C(=O)NCCCCCCC(C)C)c1N. The van der Waals surface area contributed by atoms with Crippen molar-refractivity contribution in [1.29, 1.82) is 0 Å². The summed E-state index contributed by atoms with van der Waals surface area (Å²) in [6.45, 7) is 7.26. The molecule has 0 atom stereocenters. The van der Waals surface area contributed by atoms with E-state index in [9.17, 15) is 4.79 Å². The molecular weight excluding hydrogens is 264 g/mol. The van der Waals surface area contributed by atoms with Gasteiger partial charge in [0.15, 0.2) is 5.69 Å². The summed E-state index contributed by atoms with van der Waals surface area (Å²) in [5, 5.41) is 9.76. The highest BCUT2D eigenvalue weighted by molar-refractivity contribution is 5.97. The van der Waals surface area contributed by atoms with E-state index in [1.54, 1.807) is 0 Å². The molecule has 1 aromatic rings. The summed E-state index contributed by atoms with van der Waals surface area (Å²) in [7, 11) is 0. The van der Waals surface area contributed by atoms with E-state index in [1.807, 2.05) is 0 Å². The molecule has 1 rings (SSSR count). The van der Waals surface area contributed by atoms with Crippen LogP contribution in [0.1, 0.15) is 75.5 Å². The number of aryl methyl sites for hydroxylation is 1. The van der Waals surface area contributed by atoms with Crippen molar-refractivity contribution in [2.75, 3.05) is 12.3 Å². The smallest absolute Gasteiger partial charge is 0.273 e. The lowest BCUT2D eigenvalue weighted by atomic mass is 10.0. The Hall–Kier alpha value is -1.52. The Morgan fingerprint density at radius 3 is 2.67 bits per heavy atom. The molecule has 1 aromatic heterocycles. The first kappa shape index (κ1) is 17.5. The number of hydrogen-bond donors (Lipinski definition) is 3. The Balaban J connectivity index is 2.22. The van der Waals surface area contributed by atoms with Crippen molar-refractivity contribution >= 4 is 11.6 Å². The molecule has 4 N–H and O–H groups in total. The number of rotatable bonds is 10. The van der Waals surface area contributed by atoms with Crippen LogP contribution in [0.4, 0.5) is 5.69 Å². The standard InChI is InChI=1S/C16H30N4O/c1-4-9-13-14(17)15(20-19-13)16(21)18-11-8-6-5-7-10-12(2)3/h12H,4-11,17H2,1-3H3,(H,18,21)(H,19,20). The lowest BCUT2D eigenvalue weighted by Gasteiger charge is -2.05. The van der Waals surface area contributed by atoms with Crippen molar-refractivity contribution in [3.8, 4) is 0 Å². The number of nitrogens with one attached hydrogen (secondary N) is 2. The maximum Gasteiger partial charge on any atom is 0.273 e. The average molecular weight is 294 g/mol. The summed E-state index contributed by atoms with van der Waals surface area (Å²) in [4.78, 5) is 12.0. The Morgan fingerprint density at radius 1 is 1.29 bits per heavy atom. The quantitative estimate of drug-likeness (QED) is 0.579. The van der Waals surface area contributed by atoms with Crippen LogP contribution < -0.4 is 11.1 Å². The normalized spacial score (nSPS) is 11.0. The third kappa shape index (κ3) is 6.19. The summed E-state index contributed by atoms with van der Waals surface area (Å²) < 4.78 is 0. The molecule has 0 spiro atoms. The molecule has 21 heavy (non-hydrogen) atoms. The number of nitrogens with two attached hydrogens (primary N) is 1. The van der Waals surface area contributed by atoms with Crippen molar-refractivity contribution in [2.24, 2.45) is 5.92 Å². The van der Waals surface area contributed by atoms with Gasteiger partial charge in [-0.25, -0.2) is 0 Å². The molecule has 5 heteroatoms. The Morgan fingerprint density at radius 2 is 2.00 bits per heavy atom. The molecule has 0 aliphatic rings. The van der Waals surface area contributed by atoms with Crippen molar-refractivity contribution < 1.29 is 4.79 Å². The van der Waals surface area contributed by atoms with Gasteiger partial charge in [0.1, 0.15) is 0 Å². The van der Waals surface area contributed by atoms with Gasteiger partial charge >= 0.3 is 0 Å². The minimum Gasteiger partial charge on any atom is -0.395 e. The van der Waals surface area contributed by atoms with Gasteiger partial charge < -0.3 is 11.1 Å². The molecule has 0 radical (unpaired) electrons. The predicted molar refractivity (Wildman–Crippen MR) is 87.3 cm³/mol. The van der Waals surface area contributed by atoms with Gasteiger partial charge in [-0.15, -0.1) is 0 Å². The molecule has 0 unspecified atom stereocenters. The van der Waals surface area contributed by atoms with Crippen LogP contribution in [0.2, 0.25) is 0 Å². The van der Waals surface area contributed by atoms with E-state index in [-0.39, 0.29) is 5.91 Å². The van der Waals surface area contributed by atoms with Gasteiger partial charge in [-0.3, -0.25) is 9.89 Å². The molecule has 0 bridgehead atoms. The summed E-state index contributed by atoms with van der Waals surface area (Å²) in [6, 6.07) is 0. The first-order chi connectivity index (χ1) is 10.1. The van der Waals surface area contributed by atoms with E-state index in [0.717, 1.165) is 37.3 Å². The maximum absolute atomic E-state index is 12.0. The number of hydrogen-bond acceptors (Lipinski definition) is 3. The Kier molecular flexibility index (Phi) is 7.87. The topological polar surface area (TPSA) is 83.8 Å². The average Bonchev–Trinajstić information content (AvgIpc) is 2.79. The van der Waals surface area contributed by atoms with Crippen LogP contribution in [0.3, 0.4) is 0 Å². The van der Waals surface area contributed by atoms with Gasteiger partial charge in [-0.2, -0.15) is 5.10 Å². The highest BCUT2D eigenvalue weighted by atomic mass is 16.1. The predicted octanol–water partition coefficient (Wildman–Crippen LogP) is 3.28. The molecule has 0 aliphatic heterocycles. The third-order valence-electron chi connectivity index (χ3n) is 3.59. The van der Waals surface area contributed by atoms with Gasteiger partial charge in [0, 0.05) is 6.54 Å². The molecule has 0 saturated heterocycles. The van der Waals surface area contributed by atoms with Crippen molar-refractivity contribution in [2.45, 2.75) is 65.7 Å². The molecule has 0 fully saturated rings. The van der Waals surface area contributed by atoms with Gasteiger partial charge in [-0.05, 0) is 18.8 Å². The van der Waals surface area contributed by atoms with Crippen molar-refractivity contribution in [3.63, 3.8) is 0 Å².